The largest absolute Gasteiger partial charge is 0.506 e. The van der Waals surface area contributed by atoms with Crippen molar-refractivity contribution in [3.63, 3.8) is 0 Å². The van der Waals surface area contributed by atoms with E-state index in [1.165, 1.54) is 0 Å². The number of aromatic hydroxyl groups is 1. The number of benzene rings is 1. The molecule has 0 unspecified atom stereocenters. The summed E-state index contributed by atoms with van der Waals surface area (Å²) in [7, 11) is 0. The highest BCUT2D eigenvalue weighted by molar-refractivity contribution is 7.15. The molecule has 0 fully saturated rings. The zero-order valence-corrected chi connectivity index (χ0v) is 13.1. The first-order valence-corrected chi connectivity index (χ1v) is 7.75. The first-order chi connectivity index (χ1) is 9.63. The van der Waals surface area contributed by atoms with Crippen LogP contribution in [0.2, 0.25) is 5.02 Å². The van der Waals surface area contributed by atoms with Crippen LogP contribution >= 0.6 is 22.9 Å². The molecule has 0 atom stereocenters. The summed E-state index contributed by atoms with van der Waals surface area (Å²) in [6.45, 7) is 6.87. The van der Waals surface area contributed by atoms with Crippen LogP contribution in [0.3, 0.4) is 0 Å². The number of thiazole rings is 1. The Bertz CT molecular complexity index is 569. The highest BCUT2D eigenvalue weighted by atomic mass is 35.5. The molecule has 1 heterocycles. The van der Waals surface area contributed by atoms with Crippen molar-refractivity contribution in [1.29, 1.82) is 0 Å². The molecule has 2 rings (SSSR count). The Morgan fingerprint density at radius 1 is 1.35 bits per heavy atom. The summed E-state index contributed by atoms with van der Waals surface area (Å²) in [5, 5.41) is 14.0. The number of anilines is 2. The molecule has 2 aromatic rings. The lowest BCUT2D eigenvalue weighted by Gasteiger charge is -2.16. The van der Waals surface area contributed by atoms with Crippen LogP contribution in [0, 0.1) is 0 Å². The van der Waals surface area contributed by atoms with E-state index in [9.17, 15) is 5.11 Å². The molecule has 1 aromatic carbocycles. The minimum Gasteiger partial charge on any atom is -0.506 e. The zero-order chi connectivity index (χ0) is 14.5. The summed E-state index contributed by atoms with van der Waals surface area (Å²) in [4.78, 5) is 7.83. The highest BCUT2D eigenvalue weighted by Gasteiger charge is 2.07. The second-order valence-electron chi connectivity index (χ2n) is 4.30. The summed E-state index contributed by atoms with van der Waals surface area (Å²) >= 11 is 7.56. The first kappa shape index (κ1) is 14.9. The number of phenolic OH excluding ortho intramolecular Hbond substituents is 1. The zero-order valence-electron chi connectivity index (χ0n) is 11.6. The van der Waals surface area contributed by atoms with Gasteiger partial charge in [-0.3, -0.25) is 0 Å². The monoisotopic (exact) mass is 311 g/mol. The Balaban J connectivity index is 1.98. The van der Waals surface area contributed by atoms with E-state index >= 15 is 0 Å². The third-order valence-electron chi connectivity index (χ3n) is 2.99. The summed E-state index contributed by atoms with van der Waals surface area (Å²) in [6, 6.07) is 5.09. The predicted octanol–water partition coefficient (Wildman–Crippen LogP) is 3.96. The van der Waals surface area contributed by atoms with E-state index in [0.717, 1.165) is 28.8 Å². The lowest BCUT2D eigenvalue weighted by Crippen LogP contribution is -2.21. The van der Waals surface area contributed by atoms with Crippen LogP contribution in [0.1, 0.15) is 18.7 Å². The van der Waals surface area contributed by atoms with E-state index in [2.05, 4.69) is 29.0 Å². The summed E-state index contributed by atoms with van der Waals surface area (Å²) in [5.41, 5.74) is 0.880. The molecule has 0 aliphatic carbocycles. The van der Waals surface area contributed by atoms with Gasteiger partial charge in [-0.05, 0) is 32.0 Å². The standard InChI is InChI=1S/C14H18ClN3OS/c1-3-18(4-2)14-17-9-11(20-14)8-16-10-5-6-13(19)12(15)7-10/h5-7,9,16,19H,3-4,8H2,1-2H3. The lowest BCUT2D eigenvalue weighted by atomic mass is 10.3. The number of nitrogens with zero attached hydrogens (tertiary/aromatic N) is 2. The van der Waals surface area contributed by atoms with Gasteiger partial charge >= 0.3 is 0 Å². The fourth-order valence-corrected chi connectivity index (χ4v) is 2.98. The Labute approximate surface area is 128 Å². The van der Waals surface area contributed by atoms with Crippen LogP contribution in [-0.2, 0) is 6.54 Å². The van der Waals surface area contributed by atoms with Gasteiger partial charge < -0.3 is 15.3 Å². The molecule has 6 heteroatoms. The van der Waals surface area contributed by atoms with Gasteiger partial charge in [0.25, 0.3) is 0 Å². The topological polar surface area (TPSA) is 48.4 Å². The van der Waals surface area contributed by atoms with Crippen LogP contribution in [0.4, 0.5) is 10.8 Å². The average Bonchev–Trinajstić information content (AvgIpc) is 2.90. The van der Waals surface area contributed by atoms with Crippen LogP contribution in [0.25, 0.3) is 0 Å². The van der Waals surface area contributed by atoms with Crippen LogP contribution in [0.5, 0.6) is 5.75 Å². The molecule has 1 aromatic heterocycles. The van der Waals surface area contributed by atoms with Crippen molar-refractivity contribution >= 4 is 33.8 Å². The fraction of sp³-hybridized carbons (Fsp3) is 0.357. The van der Waals surface area contributed by atoms with E-state index in [0.29, 0.717) is 11.6 Å². The number of aromatic nitrogens is 1. The van der Waals surface area contributed by atoms with Gasteiger partial charge in [-0.25, -0.2) is 4.98 Å². The minimum absolute atomic E-state index is 0.0961. The number of phenols is 1. The van der Waals surface area contributed by atoms with Crippen LogP contribution in [-0.4, -0.2) is 23.2 Å². The molecule has 0 aliphatic rings. The second-order valence-corrected chi connectivity index (χ2v) is 5.80. The molecule has 0 bridgehead atoms. The van der Waals surface area contributed by atoms with Gasteiger partial charge in [0.15, 0.2) is 5.13 Å². The molecular weight excluding hydrogens is 294 g/mol. The Hall–Kier alpha value is -1.46. The van der Waals surface area contributed by atoms with Crippen molar-refractivity contribution in [2.45, 2.75) is 20.4 Å². The van der Waals surface area contributed by atoms with Gasteiger partial charge in [-0.1, -0.05) is 11.6 Å². The average molecular weight is 312 g/mol. The van der Waals surface area contributed by atoms with Crippen molar-refractivity contribution in [2.24, 2.45) is 0 Å². The normalized spacial score (nSPS) is 10.6. The molecule has 0 saturated carbocycles. The van der Waals surface area contributed by atoms with Crippen molar-refractivity contribution in [3.05, 3.63) is 34.3 Å². The predicted molar refractivity (Wildman–Crippen MR) is 86.1 cm³/mol. The molecular formula is C14H18ClN3OS. The van der Waals surface area contributed by atoms with Gasteiger partial charge in [-0.2, -0.15) is 0 Å². The maximum atomic E-state index is 9.37. The van der Waals surface area contributed by atoms with Gasteiger partial charge in [0.2, 0.25) is 0 Å². The number of hydrogen-bond acceptors (Lipinski definition) is 5. The SMILES string of the molecule is CCN(CC)c1ncc(CNc2ccc(O)c(Cl)c2)s1. The van der Waals surface area contributed by atoms with E-state index in [-0.39, 0.29) is 5.75 Å². The lowest BCUT2D eigenvalue weighted by molar-refractivity contribution is 0.475. The van der Waals surface area contributed by atoms with Gasteiger partial charge in [-0.15, -0.1) is 11.3 Å². The number of rotatable bonds is 6. The molecule has 2 N–H and O–H groups in total. The quantitative estimate of drug-likeness (QED) is 0.793. The van der Waals surface area contributed by atoms with Crippen molar-refractivity contribution in [3.8, 4) is 5.75 Å². The van der Waals surface area contributed by atoms with E-state index in [1.54, 1.807) is 29.5 Å². The molecule has 4 nitrogen and oxygen atoms in total. The van der Waals surface area contributed by atoms with Crippen molar-refractivity contribution in [2.75, 3.05) is 23.3 Å². The fourth-order valence-electron chi connectivity index (χ4n) is 1.83. The first-order valence-electron chi connectivity index (χ1n) is 6.56. The van der Waals surface area contributed by atoms with Crippen LogP contribution < -0.4 is 10.2 Å². The smallest absolute Gasteiger partial charge is 0.185 e. The molecule has 0 amide bonds. The summed E-state index contributed by atoms with van der Waals surface area (Å²) < 4.78 is 0. The van der Waals surface area contributed by atoms with Gasteiger partial charge in [0.05, 0.1) is 11.6 Å². The number of hydrogen-bond donors (Lipinski definition) is 2. The molecule has 0 spiro atoms. The van der Waals surface area contributed by atoms with E-state index < -0.39 is 0 Å². The molecule has 20 heavy (non-hydrogen) atoms. The van der Waals surface area contributed by atoms with Crippen molar-refractivity contribution in [1.82, 2.24) is 4.98 Å². The second kappa shape index (κ2) is 6.81. The maximum Gasteiger partial charge on any atom is 0.185 e. The molecule has 108 valence electrons. The number of halogens is 1. The third kappa shape index (κ3) is 3.55. The molecule has 0 aliphatic heterocycles. The molecule has 0 radical (unpaired) electrons. The maximum absolute atomic E-state index is 9.37. The Morgan fingerprint density at radius 2 is 2.10 bits per heavy atom. The third-order valence-corrected chi connectivity index (χ3v) is 4.35. The highest BCUT2D eigenvalue weighted by Crippen LogP contribution is 2.27. The van der Waals surface area contributed by atoms with E-state index in [1.807, 2.05) is 6.20 Å². The molecule has 0 saturated heterocycles. The summed E-state index contributed by atoms with van der Waals surface area (Å²) in [5.74, 6) is 0.0961. The van der Waals surface area contributed by atoms with E-state index in [4.69, 9.17) is 11.6 Å². The van der Waals surface area contributed by atoms with Gasteiger partial charge in [0, 0.05) is 29.9 Å². The minimum atomic E-state index is 0.0961. The van der Waals surface area contributed by atoms with Crippen molar-refractivity contribution < 1.29 is 5.11 Å². The Kier molecular flexibility index (Phi) is 5.09. The Morgan fingerprint density at radius 3 is 2.75 bits per heavy atom. The van der Waals surface area contributed by atoms with Crippen LogP contribution in [0.15, 0.2) is 24.4 Å². The van der Waals surface area contributed by atoms with Gasteiger partial charge in [0.1, 0.15) is 5.75 Å². The summed E-state index contributed by atoms with van der Waals surface area (Å²) in [6.07, 6.45) is 1.90. The number of nitrogens with one attached hydrogen (secondary N) is 1.